The molecule has 0 spiro atoms. The number of amides is 1. The van der Waals surface area contributed by atoms with Crippen molar-refractivity contribution in [1.82, 2.24) is 4.57 Å². The number of hydrogen-bond acceptors (Lipinski definition) is 5. The smallest absolute Gasteiger partial charge is 0.331 e. The summed E-state index contributed by atoms with van der Waals surface area (Å²) < 4.78 is 6.62. The largest absolute Gasteiger partial charge is 0.425 e. The van der Waals surface area contributed by atoms with Crippen molar-refractivity contribution in [3.05, 3.63) is 80.4 Å². The first-order chi connectivity index (χ1) is 12.9. The molecule has 1 heterocycles. The molecular weight excluding hydrogens is 364 g/mol. The molecule has 1 aromatic heterocycles. The summed E-state index contributed by atoms with van der Waals surface area (Å²) in [5.41, 5.74) is 2.88. The number of hydrogen-bond donors (Lipinski definition) is 1. The Hall–Kier alpha value is -3.19. The second-order valence-corrected chi connectivity index (χ2v) is 6.87. The zero-order chi connectivity index (χ0) is 19.4. The van der Waals surface area contributed by atoms with Gasteiger partial charge in [0.25, 0.3) is 5.91 Å². The summed E-state index contributed by atoms with van der Waals surface area (Å²) in [5, 5.41) is 4.49. The summed E-state index contributed by atoms with van der Waals surface area (Å²) >= 11 is 1.05. The van der Waals surface area contributed by atoms with Crippen molar-refractivity contribution in [3.8, 4) is 5.75 Å². The summed E-state index contributed by atoms with van der Waals surface area (Å²) in [5.74, 6) is -0.402. The van der Waals surface area contributed by atoms with Crippen LogP contribution in [0.1, 0.15) is 21.6 Å². The second kappa shape index (κ2) is 8.01. The van der Waals surface area contributed by atoms with Crippen LogP contribution in [0.5, 0.6) is 5.75 Å². The predicted molar refractivity (Wildman–Crippen MR) is 105 cm³/mol. The molecule has 7 heteroatoms. The Balaban J connectivity index is 1.61. The highest BCUT2D eigenvalue weighted by Gasteiger charge is 2.11. The SMILES string of the molecule is Cc1cccc(C(=O)Nc2ccc(OC(=O)Cn3c(C)csc3=O)cc2)c1. The molecule has 0 radical (unpaired) electrons. The fraction of sp³-hybridized carbons (Fsp3) is 0.150. The van der Waals surface area contributed by atoms with Crippen LogP contribution in [-0.2, 0) is 11.3 Å². The van der Waals surface area contributed by atoms with Crippen molar-refractivity contribution in [2.45, 2.75) is 20.4 Å². The number of nitrogens with one attached hydrogen (secondary N) is 1. The van der Waals surface area contributed by atoms with Gasteiger partial charge in [-0.15, -0.1) is 0 Å². The lowest BCUT2D eigenvalue weighted by atomic mass is 10.1. The van der Waals surface area contributed by atoms with E-state index in [-0.39, 0.29) is 17.3 Å². The second-order valence-electron chi connectivity index (χ2n) is 6.05. The Labute approximate surface area is 160 Å². The van der Waals surface area contributed by atoms with Gasteiger partial charge in [-0.05, 0) is 50.2 Å². The maximum Gasteiger partial charge on any atom is 0.331 e. The highest BCUT2D eigenvalue weighted by atomic mass is 32.1. The van der Waals surface area contributed by atoms with E-state index in [0.717, 1.165) is 22.6 Å². The van der Waals surface area contributed by atoms with Gasteiger partial charge in [0.1, 0.15) is 12.3 Å². The molecule has 0 aliphatic carbocycles. The quantitative estimate of drug-likeness (QED) is 0.542. The number of benzene rings is 2. The van der Waals surface area contributed by atoms with Gasteiger partial charge in [0.05, 0.1) is 0 Å². The molecule has 0 aliphatic rings. The Bertz CT molecular complexity index is 1030. The summed E-state index contributed by atoms with van der Waals surface area (Å²) in [6.45, 7) is 3.54. The first-order valence-corrected chi connectivity index (χ1v) is 9.14. The molecule has 0 unspecified atom stereocenters. The minimum Gasteiger partial charge on any atom is -0.425 e. The van der Waals surface area contributed by atoms with Crippen molar-refractivity contribution >= 4 is 28.9 Å². The van der Waals surface area contributed by atoms with Crippen molar-refractivity contribution < 1.29 is 14.3 Å². The molecule has 0 aliphatic heterocycles. The van der Waals surface area contributed by atoms with Crippen LogP contribution in [0, 0.1) is 13.8 Å². The minimum absolute atomic E-state index is 0.139. The highest BCUT2D eigenvalue weighted by Crippen LogP contribution is 2.17. The number of nitrogens with zero attached hydrogens (tertiary/aromatic N) is 1. The van der Waals surface area contributed by atoms with E-state index in [4.69, 9.17) is 4.74 Å². The molecule has 0 bridgehead atoms. The van der Waals surface area contributed by atoms with E-state index in [2.05, 4.69) is 5.32 Å². The lowest BCUT2D eigenvalue weighted by Crippen LogP contribution is -2.23. The summed E-state index contributed by atoms with van der Waals surface area (Å²) in [7, 11) is 0. The Morgan fingerprint density at radius 3 is 2.48 bits per heavy atom. The van der Waals surface area contributed by atoms with E-state index in [1.807, 2.05) is 19.1 Å². The predicted octanol–water partition coefficient (Wildman–Crippen LogP) is 3.38. The van der Waals surface area contributed by atoms with Crippen molar-refractivity contribution in [3.63, 3.8) is 0 Å². The number of thiazole rings is 1. The Kier molecular flexibility index (Phi) is 5.52. The fourth-order valence-electron chi connectivity index (χ4n) is 2.48. The monoisotopic (exact) mass is 382 g/mol. The average molecular weight is 382 g/mol. The molecule has 1 N–H and O–H groups in total. The van der Waals surface area contributed by atoms with Crippen LogP contribution in [0.3, 0.4) is 0 Å². The highest BCUT2D eigenvalue weighted by molar-refractivity contribution is 7.07. The zero-order valence-corrected chi connectivity index (χ0v) is 15.7. The molecule has 2 aromatic carbocycles. The molecule has 3 aromatic rings. The molecule has 3 rings (SSSR count). The van der Waals surface area contributed by atoms with E-state index in [1.54, 1.807) is 48.7 Å². The van der Waals surface area contributed by atoms with Gasteiger partial charge in [-0.2, -0.15) is 0 Å². The van der Waals surface area contributed by atoms with E-state index in [1.165, 1.54) is 4.57 Å². The van der Waals surface area contributed by atoms with E-state index < -0.39 is 5.97 Å². The van der Waals surface area contributed by atoms with Crippen LogP contribution in [-0.4, -0.2) is 16.4 Å². The number of esters is 1. The summed E-state index contributed by atoms with van der Waals surface area (Å²) in [4.78, 5) is 35.7. The molecule has 0 fully saturated rings. The van der Waals surface area contributed by atoms with Gasteiger partial charge >= 0.3 is 10.8 Å². The molecular formula is C20H18N2O4S. The van der Waals surface area contributed by atoms with Crippen LogP contribution in [0.15, 0.2) is 58.7 Å². The molecule has 27 heavy (non-hydrogen) atoms. The van der Waals surface area contributed by atoms with Gasteiger partial charge in [-0.3, -0.25) is 14.2 Å². The first-order valence-electron chi connectivity index (χ1n) is 8.26. The first kappa shape index (κ1) is 18.6. The third-order valence-electron chi connectivity index (χ3n) is 3.89. The third kappa shape index (κ3) is 4.71. The summed E-state index contributed by atoms with van der Waals surface area (Å²) in [6, 6.07) is 13.8. The number of carbonyl (C=O) groups excluding carboxylic acids is 2. The molecule has 0 atom stereocenters. The van der Waals surface area contributed by atoms with Gasteiger partial charge in [0.2, 0.25) is 0 Å². The summed E-state index contributed by atoms with van der Waals surface area (Å²) in [6.07, 6.45) is 0. The van der Waals surface area contributed by atoms with E-state index >= 15 is 0 Å². The number of anilines is 1. The van der Waals surface area contributed by atoms with Crippen LogP contribution in [0.2, 0.25) is 0 Å². The Morgan fingerprint density at radius 1 is 1.11 bits per heavy atom. The maximum atomic E-state index is 12.2. The standard InChI is InChI=1S/C20H18N2O4S/c1-13-4-3-5-15(10-13)19(24)21-16-6-8-17(9-7-16)26-18(23)11-22-14(2)12-27-20(22)25/h3-10,12H,11H2,1-2H3,(H,21,24). The molecule has 138 valence electrons. The van der Waals surface area contributed by atoms with E-state index in [0.29, 0.717) is 17.0 Å². The van der Waals surface area contributed by atoms with Crippen molar-refractivity contribution in [2.75, 3.05) is 5.32 Å². The molecule has 1 amide bonds. The minimum atomic E-state index is -0.532. The van der Waals surface area contributed by atoms with Gasteiger partial charge in [-0.25, -0.2) is 4.79 Å². The normalized spacial score (nSPS) is 10.4. The average Bonchev–Trinajstić information content (AvgIpc) is 2.95. The van der Waals surface area contributed by atoms with Gasteiger partial charge in [-0.1, -0.05) is 29.0 Å². The number of rotatable bonds is 5. The van der Waals surface area contributed by atoms with Gasteiger partial charge in [0, 0.05) is 22.3 Å². The lowest BCUT2D eigenvalue weighted by molar-refractivity contribution is -0.135. The van der Waals surface area contributed by atoms with Crippen LogP contribution in [0.4, 0.5) is 5.69 Å². The van der Waals surface area contributed by atoms with E-state index in [9.17, 15) is 14.4 Å². The lowest BCUT2D eigenvalue weighted by Gasteiger charge is -2.08. The van der Waals surface area contributed by atoms with Gasteiger partial charge in [0.15, 0.2) is 0 Å². The van der Waals surface area contributed by atoms with Crippen LogP contribution < -0.4 is 14.9 Å². The topological polar surface area (TPSA) is 77.4 Å². The number of aryl methyl sites for hydroxylation is 2. The van der Waals surface area contributed by atoms with Crippen LogP contribution >= 0.6 is 11.3 Å². The van der Waals surface area contributed by atoms with Crippen molar-refractivity contribution in [1.29, 1.82) is 0 Å². The van der Waals surface area contributed by atoms with Crippen LogP contribution in [0.25, 0.3) is 0 Å². The Morgan fingerprint density at radius 2 is 1.85 bits per heavy atom. The number of aromatic nitrogens is 1. The number of carbonyl (C=O) groups is 2. The van der Waals surface area contributed by atoms with Crippen molar-refractivity contribution in [2.24, 2.45) is 0 Å². The molecule has 6 nitrogen and oxygen atoms in total. The number of ether oxygens (including phenoxy) is 1. The van der Waals surface area contributed by atoms with Gasteiger partial charge < -0.3 is 10.1 Å². The molecule has 0 saturated carbocycles. The maximum absolute atomic E-state index is 12.2. The fourth-order valence-corrected chi connectivity index (χ4v) is 3.22. The third-order valence-corrected chi connectivity index (χ3v) is 4.77. The molecule has 0 saturated heterocycles. The zero-order valence-electron chi connectivity index (χ0n) is 14.9.